The van der Waals surface area contributed by atoms with Crippen molar-refractivity contribution >= 4 is 16.9 Å². The number of carbonyl (C=O) groups is 1. The molecule has 5 heteroatoms. The quantitative estimate of drug-likeness (QED) is 0.684. The number of furan rings is 1. The van der Waals surface area contributed by atoms with Crippen LogP contribution in [0.4, 0.5) is 0 Å². The van der Waals surface area contributed by atoms with Crippen molar-refractivity contribution in [3.05, 3.63) is 65.9 Å². The number of rotatable bonds is 7. The highest BCUT2D eigenvalue weighted by Crippen LogP contribution is 2.33. The molecule has 0 saturated heterocycles. The van der Waals surface area contributed by atoms with Crippen LogP contribution in [0.1, 0.15) is 29.0 Å². The second kappa shape index (κ2) is 7.22. The molecule has 0 spiro atoms. The first-order valence-electron chi connectivity index (χ1n) is 8.95. The molecule has 1 aliphatic carbocycles. The van der Waals surface area contributed by atoms with Gasteiger partial charge in [-0.3, -0.25) is 4.79 Å². The fraction of sp³-hybridized carbons (Fsp3) is 0.286. The molecule has 134 valence electrons. The first-order chi connectivity index (χ1) is 12.8. The molecule has 0 bridgehead atoms. The van der Waals surface area contributed by atoms with E-state index in [4.69, 9.17) is 14.9 Å². The molecular formula is C21H22N2O3. The maximum Gasteiger partial charge on any atom is 0.287 e. The number of benzene rings is 2. The van der Waals surface area contributed by atoms with Crippen molar-refractivity contribution in [2.45, 2.75) is 25.5 Å². The molecule has 1 atom stereocenters. The fourth-order valence-electron chi connectivity index (χ4n) is 3.20. The zero-order chi connectivity index (χ0) is 17.9. The molecule has 1 heterocycles. The summed E-state index contributed by atoms with van der Waals surface area (Å²) in [6, 6.07) is 17.2. The van der Waals surface area contributed by atoms with Crippen molar-refractivity contribution in [1.82, 2.24) is 5.32 Å². The Hall–Kier alpha value is -2.79. The van der Waals surface area contributed by atoms with Crippen molar-refractivity contribution in [3.63, 3.8) is 0 Å². The number of amides is 1. The van der Waals surface area contributed by atoms with E-state index in [1.807, 2.05) is 54.6 Å². The summed E-state index contributed by atoms with van der Waals surface area (Å²) >= 11 is 0. The van der Waals surface area contributed by atoms with Gasteiger partial charge in [0.05, 0.1) is 0 Å². The Kier molecular flexibility index (Phi) is 4.63. The first kappa shape index (κ1) is 16.7. The lowest BCUT2D eigenvalue weighted by atomic mass is 10.1. The second-order valence-electron chi connectivity index (χ2n) is 6.66. The Balaban J connectivity index is 1.61. The average Bonchev–Trinajstić information content (AvgIpc) is 3.46. The summed E-state index contributed by atoms with van der Waals surface area (Å²) in [6.45, 7) is 0.701. The molecule has 0 radical (unpaired) electrons. The lowest BCUT2D eigenvalue weighted by Crippen LogP contribution is -2.41. The Morgan fingerprint density at radius 2 is 1.88 bits per heavy atom. The molecular weight excluding hydrogens is 328 g/mol. The molecule has 1 aliphatic rings. The maximum absolute atomic E-state index is 12.8. The molecule has 0 aliphatic heterocycles. The van der Waals surface area contributed by atoms with Crippen LogP contribution in [-0.4, -0.2) is 18.5 Å². The van der Waals surface area contributed by atoms with Gasteiger partial charge < -0.3 is 20.2 Å². The van der Waals surface area contributed by atoms with Gasteiger partial charge in [-0.15, -0.1) is 0 Å². The van der Waals surface area contributed by atoms with Gasteiger partial charge in [0, 0.05) is 23.5 Å². The van der Waals surface area contributed by atoms with Crippen molar-refractivity contribution in [3.8, 4) is 5.75 Å². The van der Waals surface area contributed by atoms with E-state index in [0.717, 1.165) is 29.5 Å². The molecule has 3 aromatic rings. The minimum Gasteiger partial charge on any atom is -0.489 e. The normalized spacial score (nSPS) is 15.0. The largest absolute Gasteiger partial charge is 0.489 e. The molecule has 1 fully saturated rings. The SMILES string of the molecule is NCC(NC(=O)c1oc2ccccc2c1COc1ccccc1)C1CC1. The number of hydrogen-bond donors (Lipinski definition) is 2. The predicted octanol–water partition coefficient (Wildman–Crippen LogP) is 3.48. The van der Waals surface area contributed by atoms with Crippen LogP contribution in [0, 0.1) is 5.92 Å². The third-order valence-corrected chi connectivity index (χ3v) is 4.79. The smallest absolute Gasteiger partial charge is 0.287 e. The Morgan fingerprint density at radius 3 is 2.62 bits per heavy atom. The van der Waals surface area contributed by atoms with E-state index < -0.39 is 0 Å². The van der Waals surface area contributed by atoms with Crippen LogP contribution >= 0.6 is 0 Å². The summed E-state index contributed by atoms with van der Waals surface area (Å²) in [4.78, 5) is 12.8. The third-order valence-electron chi connectivity index (χ3n) is 4.79. The summed E-state index contributed by atoms with van der Waals surface area (Å²) in [6.07, 6.45) is 2.23. The predicted molar refractivity (Wildman–Crippen MR) is 100 cm³/mol. The topological polar surface area (TPSA) is 77.5 Å². The number of nitrogens with one attached hydrogen (secondary N) is 1. The van der Waals surface area contributed by atoms with Crippen LogP contribution in [0.5, 0.6) is 5.75 Å². The number of nitrogens with two attached hydrogens (primary N) is 1. The summed E-state index contributed by atoms with van der Waals surface area (Å²) < 4.78 is 11.7. The minimum atomic E-state index is -0.227. The van der Waals surface area contributed by atoms with Gasteiger partial charge in [0.2, 0.25) is 0 Å². The summed E-state index contributed by atoms with van der Waals surface area (Å²) in [5, 5.41) is 3.92. The van der Waals surface area contributed by atoms with Crippen molar-refractivity contribution in [1.29, 1.82) is 0 Å². The van der Waals surface area contributed by atoms with E-state index >= 15 is 0 Å². The lowest BCUT2D eigenvalue weighted by Gasteiger charge is -2.15. The number of fused-ring (bicyclic) bond motifs is 1. The summed E-state index contributed by atoms with van der Waals surface area (Å²) in [5.41, 5.74) is 7.26. The zero-order valence-electron chi connectivity index (χ0n) is 14.5. The van der Waals surface area contributed by atoms with Crippen LogP contribution in [-0.2, 0) is 6.61 Å². The van der Waals surface area contributed by atoms with Gasteiger partial charge in [0.15, 0.2) is 5.76 Å². The number of para-hydroxylation sites is 2. The number of ether oxygens (including phenoxy) is 1. The number of carbonyl (C=O) groups excluding carboxylic acids is 1. The van der Waals surface area contributed by atoms with E-state index in [9.17, 15) is 4.79 Å². The van der Waals surface area contributed by atoms with Crippen molar-refractivity contribution in [2.75, 3.05) is 6.54 Å². The van der Waals surface area contributed by atoms with Crippen molar-refractivity contribution < 1.29 is 13.9 Å². The lowest BCUT2D eigenvalue weighted by molar-refractivity contribution is 0.0904. The minimum absolute atomic E-state index is 0.00129. The van der Waals surface area contributed by atoms with Gasteiger partial charge in [-0.2, -0.15) is 0 Å². The third kappa shape index (κ3) is 3.44. The molecule has 1 aromatic heterocycles. The Labute approximate surface area is 152 Å². The molecule has 2 aromatic carbocycles. The van der Waals surface area contributed by atoms with Crippen LogP contribution < -0.4 is 15.8 Å². The highest BCUT2D eigenvalue weighted by molar-refractivity contribution is 5.99. The molecule has 1 unspecified atom stereocenters. The fourth-order valence-corrected chi connectivity index (χ4v) is 3.20. The van der Waals surface area contributed by atoms with Gasteiger partial charge in [-0.1, -0.05) is 36.4 Å². The molecule has 3 N–H and O–H groups in total. The van der Waals surface area contributed by atoms with Gasteiger partial charge in [-0.25, -0.2) is 0 Å². The van der Waals surface area contributed by atoms with Crippen LogP contribution in [0.15, 0.2) is 59.0 Å². The van der Waals surface area contributed by atoms with E-state index in [1.54, 1.807) is 0 Å². The van der Waals surface area contributed by atoms with E-state index in [2.05, 4.69) is 5.32 Å². The Morgan fingerprint density at radius 1 is 1.15 bits per heavy atom. The van der Waals surface area contributed by atoms with E-state index in [0.29, 0.717) is 23.8 Å². The van der Waals surface area contributed by atoms with Crippen molar-refractivity contribution in [2.24, 2.45) is 11.7 Å². The zero-order valence-corrected chi connectivity index (χ0v) is 14.5. The molecule has 26 heavy (non-hydrogen) atoms. The standard InChI is InChI=1S/C21H22N2O3/c22-12-18(14-10-11-14)23-21(24)20-17(13-25-15-6-2-1-3-7-15)16-8-4-5-9-19(16)26-20/h1-9,14,18H,10-13,22H2,(H,23,24). The highest BCUT2D eigenvalue weighted by Gasteiger charge is 2.32. The molecule has 4 rings (SSSR count). The average molecular weight is 350 g/mol. The molecule has 1 saturated carbocycles. The summed E-state index contributed by atoms with van der Waals surface area (Å²) in [5.74, 6) is 1.32. The van der Waals surface area contributed by atoms with E-state index in [-0.39, 0.29) is 18.6 Å². The molecule has 1 amide bonds. The van der Waals surface area contributed by atoms with Crippen LogP contribution in [0.25, 0.3) is 11.0 Å². The van der Waals surface area contributed by atoms with Crippen LogP contribution in [0.2, 0.25) is 0 Å². The van der Waals surface area contributed by atoms with Gasteiger partial charge in [0.1, 0.15) is 17.9 Å². The monoisotopic (exact) mass is 350 g/mol. The van der Waals surface area contributed by atoms with E-state index in [1.165, 1.54) is 0 Å². The first-order valence-corrected chi connectivity index (χ1v) is 8.95. The molecule has 5 nitrogen and oxygen atoms in total. The second-order valence-corrected chi connectivity index (χ2v) is 6.66. The van der Waals surface area contributed by atoms with Gasteiger partial charge in [0.25, 0.3) is 5.91 Å². The van der Waals surface area contributed by atoms with Gasteiger partial charge >= 0.3 is 0 Å². The maximum atomic E-state index is 12.8. The highest BCUT2D eigenvalue weighted by atomic mass is 16.5. The summed E-state index contributed by atoms with van der Waals surface area (Å²) in [7, 11) is 0. The Bertz CT molecular complexity index is 900. The van der Waals surface area contributed by atoms with Crippen LogP contribution in [0.3, 0.4) is 0 Å². The number of hydrogen-bond acceptors (Lipinski definition) is 4. The van der Waals surface area contributed by atoms with Gasteiger partial charge in [-0.05, 0) is 37.0 Å².